The minimum Gasteiger partial charge on any atom is -0.445 e. The molecular weight excluding hydrogens is 358 g/mol. The minimum atomic E-state index is 0.231. The van der Waals surface area contributed by atoms with Crippen LogP contribution in [0.3, 0.4) is 0 Å². The largest absolute Gasteiger partial charge is 0.445 e. The highest BCUT2D eigenvalue weighted by Crippen LogP contribution is 2.29. The Hall–Kier alpha value is -3.46. The van der Waals surface area contributed by atoms with Crippen molar-refractivity contribution in [1.82, 2.24) is 4.98 Å². The van der Waals surface area contributed by atoms with Crippen molar-refractivity contribution in [3.8, 4) is 22.6 Å². The normalized spacial score (nSPS) is 10.8. The highest BCUT2D eigenvalue weighted by Gasteiger charge is 2.10. The Kier molecular flexibility index (Phi) is 5.39. The fraction of sp³-hybridized carbons (Fsp3) is 0.154. The number of hydrogen-bond donors (Lipinski definition) is 0. The van der Waals surface area contributed by atoms with Gasteiger partial charge in [-0.25, -0.2) is 4.98 Å². The third-order valence-electron chi connectivity index (χ3n) is 5.23. The van der Waals surface area contributed by atoms with E-state index in [1.165, 1.54) is 5.56 Å². The Bertz CT molecular complexity index is 1130. The molecule has 0 saturated heterocycles. The summed E-state index contributed by atoms with van der Waals surface area (Å²) in [7, 11) is 0. The lowest BCUT2D eigenvalue weighted by Gasteiger charge is -2.09. The van der Waals surface area contributed by atoms with Gasteiger partial charge in [-0.2, -0.15) is 0 Å². The van der Waals surface area contributed by atoms with Gasteiger partial charge in [0.05, 0.1) is 6.20 Å². The predicted octanol–water partition coefficient (Wildman–Crippen LogP) is 5.98. The molecule has 29 heavy (non-hydrogen) atoms. The number of oxazole rings is 1. The lowest BCUT2D eigenvalue weighted by atomic mass is 9.95. The lowest BCUT2D eigenvalue weighted by Crippen LogP contribution is -2.07. The van der Waals surface area contributed by atoms with Crippen LogP contribution in [0.25, 0.3) is 22.6 Å². The van der Waals surface area contributed by atoms with Gasteiger partial charge in [-0.05, 0) is 59.4 Å². The zero-order chi connectivity index (χ0) is 20.2. The van der Waals surface area contributed by atoms with E-state index in [1.807, 2.05) is 49.4 Å². The van der Waals surface area contributed by atoms with Crippen LogP contribution < -0.4 is 0 Å². The number of carbonyl (C=O) groups is 1. The second kappa shape index (κ2) is 8.27. The zero-order valence-electron chi connectivity index (χ0n) is 16.7. The molecule has 4 aromatic rings. The van der Waals surface area contributed by atoms with E-state index < -0.39 is 0 Å². The number of nitrogens with zero attached hydrogens (tertiary/aromatic N) is 1. The molecule has 0 aliphatic heterocycles. The first-order chi connectivity index (χ1) is 14.1. The topological polar surface area (TPSA) is 43.1 Å². The Morgan fingerprint density at radius 2 is 1.62 bits per heavy atom. The van der Waals surface area contributed by atoms with Crippen LogP contribution in [0.15, 0.2) is 83.6 Å². The molecule has 0 amide bonds. The van der Waals surface area contributed by atoms with Crippen molar-refractivity contribution in [3.05, 3.63) is 101 Å². The zero-order valence-corrected chi connectivity index (χ0v) is 16.7. The molecule has 3 heteroatoms. The first kappa shape index (κ1) is 18.9. The van der Waals surface area contributed by atoms with Gasteiger partial charge < -0.3 is 4.42 Å². The molecule has 0 N–H and O–H groups in total. The average Bonchev–Trinajstić information content (AvgIpc) is 3.26. The van der Waals surface area contributed by atoms with Crippen LogP contribution in [0.2, 0.25) is 0 Å². The molecule has 0 radical (unpaired) electrons. The average molecular weight is 381 g/mol. The molecule has 1 heterocycles. The Morgan fingerprint density at radius 1 is 0.862 bits per heavy atom. The summed E-state index contributed by atoms with van der Waals surface area (Å²) in [5.41, 5.74) is 7.70. The van der Waals surface area contributed by atoms with Crippen molar-refractivity contribution < 1.29 is 9.21 Å². The summed E-state index contributed by atoms with van der Waals surface area (Å²) in [5.74, 6) is 0.846. The standard InChI is InChI=1S/C26H23NO2/c1-18-5-3-4-6-22(18)16-24(28)15-20-8-11-21(12-9-20)25-17-23(10-7-19(25)2)26-27-13-14-29-26/h3-14,17H,15-16H2,1-2H3. The van der Waals surface area contributed by atoms with Crippen LogP contribution in [-0.4, -0.2) is 10.8 Å². The highest BCUT2D eigenvalue weighted by molar-refractivity contribution is 5.83. The van der Waals surface area contributed by atoms with E-state index in [0.29, 0.717) is 18.7 Å². The fourth-order valence-corrected chi connectivity index (χ4v) is 3.55. The van der Waals surface area contributed by atoms with Crippen LogP contribution in [0, 0.1) is 13.8 Å². The van der Waals surface area contributed by atoms with Crippen molar-refractivity contribution in [3.63, 3.8) is 0 Å². The van der Waals surface area contributed by atoms with Gasteiger partial charge in [0.15, 0.2) is 0 Å². The number of aryl methyl sites for hydroxylation is 2. The maximum atomic E-state index is 12.5. The molecule has 3 nitrogen and oxygen atoms in total. The summed E-state index contributed by atoms with van der Waals surface area (Å²) >= 11 is 0. The number of Topliss-reactive ketones (excluding diaryl/α,β-unsaturated/α-hetero) is 1. The molecule has 0 aliphatic carbocycles. The van der Waals surface area contributed by atoms with Crippen LogP contribution in [0.4, 0.5) is 0 Å². The van der Waals surface area contributed by atoms with Gasteiger partial charge >= 0.3 is 0 Å². The van der Waals surface area contributed by atoms with Gasteiger partial charge in [-0.15, -0.1) is 0 Å². The molecule has 0 aliphatic rings. The molecule has 0 bridgehead atoms. The molecule has 0 spiro atoms. The van der Waals surface area contributed by atoms with Crippen molar-refractivity contribution in [2.75, 3.05) is 0 Å². The summed E-state index contributed by atoms with van der Waals surface area (Å²) in [4.78, 5) is 16.7. The van der Waals surface area contributed by atoms with E-state index in [0.717, 1.165) is 33.4 Å². The van der Waals surface area contributed by atoms with Gasteiger partial charge in [0.2, 0.25) is 5.89 Å². The van der Waals surface area contributed by atoms with E-state index >= 15 is 0 Å². The number of rotatable bonds is 6. The molecule has 1 aromatic heterocycles. The molecule has 4 rings (SSSR count). The van der Waals surface area contributed by atoms with E-state index in [2.05, 4.69) is 36.2 Å². The molecule has 0 unspecified atom stereocenters. The van der Waals surface area contributed by atoms with E-state index in [9.17, 15) is 4.79 Å². The minimum absolute atomic E-state index is 0.231. The van der Waals surface area contributed by atoms with Crippen molar-refractivity contribution in [2.45, 2.75) is 26.7 Å². The van der Waals surface area contributed by atoms with E-state index in [1.54, 1.807) is 12.5 Å². The molecule has 0 fully saturated rings. The molecule has 0 saturated carbocycles. The molecule has 0 atom stereocenters. The maximum absolute atomic E-state index is 12.5. The Balaban J connectivity index is 1.50. The summed E-state index contributed by atoms with van der Waals surface area (Å²) < 4.78 is 5.42. The number of benzene rings is 3. The fourth-order valence-electron chi connectivity index (χ4n) is 3.55. The van der Waals surface area contributed by atoms with Crippen molar-refractivity contribution >= 4 is 5.78 Å². The molecule has 144 valence electrons. The summed E-state index contributed by atoms with van der Waals surface area (Å²) in [5, 5.41) is 0. The number of ketones is 1. The Labute approximate surface area is 171 Å². The highest BCUT2D eigenvalue weighted by atomic mass is 16.3. The third-order valence-corrected chi connectivity index (χ3v) is 5.23. The quantitative estimate of drug-likeness (QED) is 0.413. The second-order valence-corrected chi connectivity index (χ2v) is 7.38. The van der Waals surface area contributed by atoms with Gasteiger partial charge in [0, 0.05) is 18.4 Å². The summed E-state index contributed by atoms with van der Waals surface area (Å²) in [6.07, 6.45) is 4.16. The molecular formula is C26H23NO2. The number of carbonyl (C=O) groups excluding carboxylic acids is 1. The molecule has 3 aromatic carbocycles. The van der Waals surface area contributed by atoms with E-state index in [4.69, 9.17) is 4.42 Å². The van der Waals surface area contributed by atoms with Crippen LogP contribution in [0.1, 0.15) is 22.3 Å². The first-order valence-electron chi connectivity index (χ1n) is 9.76. The van der Waals surface area contributed by atoms with Crippen molar-refractivity contribution in [2.24, 2.45) is 0 Å². The Morgan fingerprint density at radius 3 is 2.34 bits per heavy atom. The predicted molar refractivity (Wildman–Crippen MR) is 116 cm³/mol. The van der Waals surface area contributed by atoms with Gasteiger partial charge in [0.25, 0.3) is 0 Å². The van der Waals surface area contributed by atoms with E-state index in [-0.39, 0.29) is 5.78 Å². The van der Waals surface area contributed by atoms with Crippen LogP contribution in [0.5, 0.6) is 0 Å². The monoisotopic (exact) mass is 381 g/mol. The lowest BCUT2D eigenvalue weighted by molar-refractivity contribution is -0.117. The second-order valence-electron chi connectivity index (χ2n) is 7.38. The number of hydrogen-bond acceptors (Lipinski definition) is 3. The van der Waals surface area contributed by atoms with Crippen molar-refractivity contribution in [1.29, 1.82) is 0 Å². The van der Waals surface area contributed by atoms with Crippen LogP contribution >= 0.6 is 0 Å². The van der Waals surface area contributed by atoms with Gasteiger partial charge in [-0.3, -0.25) is 4.79 Å². The third kappa shape index (κ3) is 4.35. The van der Waals surface area contributed by atoms with Gasteiger partial charge in [-0.1, -0.05) is 54.6 Å². The summed E-state index contributed by atoms with van der Waals surface area (Å²) in [6.45, 7) is 4.14. The first-order valence-corrected chi connectivity index (χ1v) is 9.76. The summed E-state index contributed by atoms with van der Waals surface area (Å²) in [6, 6.07) is 22.5. The maximum Gasteiger partial charge on any atom is 0.225 e. The SMILES string of the molecule is Cc1ccccc1CC(=O)Cc1ccc(-c2cc(-c3ncco3)ccc2C)cc1. The smallest absolute Gasteiger partial charge is 0.225 e. The van der Waals surface area contributed by atoms with Gasteiger partial charge in [0.1, 0.15) is 12.0 Å². The van der Waals surface area contributed by atoms with Crippen LogP contribution in [-0.2, 0) is 17.6 Å². The number of aromatic nitrogens is 1.